The molecule has 0 bridgehead atoms. The zero-order chi connectivity index (χ0) is 12.2. The molecule has 2 N–H and O–H groups in total. The number of hydrogen-bond acceptors (Lipinski definition) is 3. The SMILES string of the molecule is CC1SCCN(CCCC(C)(C)CN)C1C. The van der Waals surface area contributed by atoms with E-state index in [1.165, 1.54) is 31.7 Å². The van der Waals surface area contributed by atoms with Crippen molar-refractivity contribution >= 4 is 11.8 Å². The number of nitrogens with zero attached hydrogens (tertiary/aromatic N) is 1. The highest BCUT2D eigenvalue weighted by Crippen LogP contribution is 2.26. The Morgan fingerprint density at radius 3 is 2.69 bits per heavy atom. The number of nitrogens with two attached hydrogens (primary N) is 1. The molecule has 16 heavy (non-hydrogen) atoms. The van der Waals surface area contributed by atoms with Crippen molar-refractivity contribution in [2.45, 2.75) is 51.8 Å². The molecule has 96 valence electrons. The molecular weight excluding hydrogens is 216 g/mol. The predicted molar refractivity (Wildman–Crippen MR) is 75.0 cm³/mol. The van der Waals surface area contributed by atoms with Gasteiger partial charge in [-0.1, -0.05) is 20.8 Å². The van der Waals surface area contributed by atoms with Crippen LogP contribution in [0.2, 0.25) is 0 Å². The third-order valence-electron chi connectivity index (χ3n) is 3.87. The van der Waals surface area contributed by atoms with Gasteiger partial charge >= 0.3 is 0 Å². The van der Waals surface area contributed by atoms with Crippen LogP contribution >= 0.6 is 11.8 Å². The molecule has 1 saturated heterocycles. The van der Waals surface area contributed by atoms with Gasteiger partial charge in [-0.3, -0.25) is 4.90 Å². The fourth-order valence-electron chi connectivity index (χ4n) is 2.17. The van der Waals surface area contributed by atoms with Gasteiger partial charge in [0.25, 0.3) is 0 Å². The fraction of sp³-hybridized carbons (Fsp3) is 1.00. The summed E-state index contributed by atoms with van der Waals surface area (Å²) >= 11 is 2.11. The maximum Gasteiger partial charge on any atom is 0.0184 e. The molecule has 0 spiro atoms. The summed E-state index contributed by atoms with van der Waals surface area (Å²) in [6.07, 6.45) is 2.53. The highest BCUT2D eigenvalue weighted by molar-refractivity contribution is 8.00. The van der Waals surface area contributed by atoms with Gasteiger partial charge in [0.2, 0.25) is 0 Å². The zero-order valence-corrected chi connectivity index (χ0v) is 12.1. The minimum atomic E-state index is 0.319. The fourth-order valence-corrected chi connectivity index (χ4v) is 3.34. The summed E-state index contributed by atoms with van der Waals surface area (Å²) < 4.78 is 0. The van der Waals surface area contributed by atoms with Crippen molar-refractivity contribution in [2.24, 2.45) is 11.1 Å². The lowest BCUT2D eigenvalue weighted by Crippen LogP contribution is -2.45. The van der Waals surface area contributed by atoms with E-state index in [0.29, 0.717) is 5.41 Å². The predicted octanol–water partition coefficient (Wildman–Crippen LogP) is 2.58. The minimum Gasteiger partial charge on any atom is -0.330 e. The van der Waals surface area contributed by atoms with Crippen LogP contribution in [0.1, 0.15) is 40.5 Å². The van der Waals surface area contributed by atoms with Gasteiger partial charge in [-0.2, -0.15) is 11.8 Å². The van der Waals surface area contributed by atoms with Gasteiger partial charge < -0.3 is 5.73 Å². The monoisotopic (exact) mass is 244 g/mol. The van der Waals surface area contributed by atoms with Crippen LogP contribution < -0.4 is 5.73 Å². The number of hydrogen-bond donors (Lipinski definition) is 1. The number of rotatable bonds is 5. The molecule has 0 aromatic carbocycles. The molecule has 0 aromatic rings. The molecule has 0 amide bonds. The van der Waals surface area contributed by atoms with Gasteiger partial charge in [0.1, 0.15) is 0 Å². The van der Waals surface area contributed by atoms with Crippen molar-refractivity contribution in [3.05, 3.63) is 0 Å². The van der Waals surface area contributed by atoms with Gasteiger partial charge in [-0.15, -0.1) is 0 Å². The largest absolute Gasteiger partial charge is 0.330 e. The lowest BCUT2D eigenvalue weighted by Gasteiger charge is -2.38. The smallest absolute Gasteiger partial charge is 0.0184 e. The summed E-state index contributed by atoms with van der Waals surface area (Å²) in [4.78, 5) is 2.65. The van der Waals surface area contributed by atoms with Gasteiger partial charge in [0.15, 0.2) is 0 Å². The van der Waals surface area contributed by atoms with E-state index in [0.717, 1.165) is 17.8 Å². The minimum absolute atomic E-state index is 0.319. The molecule has 0 radical (unpaired) electrons. The van der Waals surface area contributed by atoms with Crippen LogP contribution in [0.5, 0.6) is 0 Å². The standard InChI is InChI=1S/C13H28N2S/c1-11-12(2)16-9-8-15(11)7-5-6-13(3,4)10-14/h11-12H,5-10,14H2,1-4H3. The first kappa shape index (κ1) is 14.3. The van der Waals surface area contributed by atoms with Crippen molar-refractivity contribution in [3.63, 3.8) is 0 Å². The van der Waals surface area contributed by atoms with Crippen molar-refractivity contribution in [1.29, 1.82) is 0 Å². The van der Waals surface area contributed by atoms with E-state index in [2.05, 4.69) is 44.4 Å². The molecule has 0 aromatic heterocycles. The Hall–Kier alpha value is 0.270. The summed E-state index contributed by atoms with van der Waals surface area (Å²) in [6, 6.07) is 0.736. The van der Waals surface area contributed by atoms with E-state index in [1.807, 2.05) is 0 Å². The molecule has 0 aliphatic carbocycles. The normalized spacial score (nSPS) is 28.3. The third kappa shape index (κ3) is 4.27. The molecule has 0 saturated carbocycles. The Balaban J connectivity index is 2.27. The molecule has 2 nitrogen and oxygen atoms in total. The topological polar surface area (TPSA) is 29.3 Å². The second-order valence-electron chi connectivity index (χ2n) is 5.82. The van der Waals surface area contributed by atoms with Gasteiger partial charge in [-0.05, 0) is 38.3 Å². The van der Waals surface area contributed by atoms with E-state index in [1.54, 1.807) is 0 Å². The van der Waals surface area contributed by atoms with E-state index >= 15 is 0 Å². The third-order valence-corrected chi connectivity index (χ3v) is 5.20. The summed E-state index contributed by atoms with van der Waals surface area (Å²) in [5.74, 6) is 1.30. The van der Waals surface area contributed by atoms with E-state index in [4.69, 9.17) is 5.73 Å². The van der Waals surface area contributed by atoms with E-state index < -0.39 is 0 Å². The van der Waals surface area contributed by atoms with Gasteiger partial charge in [0.05, 0.1) is 0 Å². The maximum absolute atomic E-state index is 5.76. The highest BCUT2D eigenvalue weighted by Gasteiger charge is 2.25. The van der Waals surface area contributed by atoms with Crippen LogP contribution in [-0.4, -0.2) is 41.6 Å². The lowest BCUT2D eigenvalue weighted by molar-refractivity contribution is 0.196. The molecule has 1 aliphatic heterocycles. The highest BCUT2D eigenvalue weighted by atomic mass is 32.2. The average molecular weight is 244 g/mol. The van der Waals surface area contributed by atoms with Crippen molar-refractivity contribution in [1.82, 2.24) is 4.90 Å². The van der Waals surface area contributed by atoms with Crippen LogP contribution in [0.15, 0.2) is 0 Å². The summed E-state index contributed by atoms with van der Waals surface area (Å²) in [6.45, 7) is 12.6. The second kappa shape index (κ2) is 6.27. The van der Waals surface area contributed by atoms with Crippen LogP contribution in [0.3, 0.4) is 0 Å². The quantitative estimate of drug-likeness (QED) is 0.806. The van der Waals surface area contributed by atoms with Crippen LogP contribution in [0.4, 0.5) is 0 Å². The molecule has 1 heterocycles. The van der Waals surface area contributed by atoms with Gasteiger partial charge in [0, 0.05) is 23.6 Å². The molecule has 3 heteroatoms. The Kier molecular flexibility index (Phi) is 5.62. The number of thioether (sulfide) groups is 1. The molecule has 1 aliphatic rings. The van der Waals surface area contributed by atoms with Crippen LogP contribution in [0.25, 0.3) is 0 Å². The van der Waals surface area contributed by atoms with E-state index in [-0.39, 0.29) is 0 Å². The maximum atomic E-state index is 5.76. The van der Waals surface area contributed by atoms with E-state index in [9.17, 15) is 0 Å². The summed E-state index contributed by atoms with van der Waals surface area (Å²) in [5.41, 5.74) is 6.08. The van der Waals surface area contributed by atoms with Crippen LogP contribution in [-0.2, 0) is 0 Å². The van der Waals surface area contributed by atoms with Crippen molar-refractivity contribution < 1.29 is 0 Å². The Morgan fingerprint density at radius 1 is 1.38 bits per heavy atom. The molecular formula is C13H28N2S. The first-order chi connectivity index (χ1) is 7.46. The first-order valence-electron chi connectivity index (χ1n) is 6.52. The first-order valence-corrected chi connectivity index (χ1v) is 7.57. The summed E-state index contributed by atoms with van der Waals surface area (Å²) in [7, 11) is 0. The molecule has 2 unspecified atom stereocenters. The molecule has 1 rings (SSSR count). The summed E-state index contributed by atoms with van der Waals surface area (Å²) in [5, 5.41) is 0.788. The Bertz CT molecular complexity index is 206. The van der Waals surface area contributed by atoms with Crippen LogP contribution in [0, 0.1) is 5.41 Å². The molecule has 2 atom stereocenters. The lowest BCUT2D eigenvalue weighted by atomic mass is 9.88. The average Bonchev–Trinajstić information content (AvgIpc) is 2.24. The Morgan fingerprint density at radius 2 is 2.06 bits per heavy atom. The molecule has 1 fully saturated rings. The van der Waals surface area contributed by atoms with Gasteiger partial charge in [-0.25, -0.2) is 0 Å². The Labute approximate surface area is 105 Å². The van der Waals surface area contributed by atoms with Crippen molar-refractivity contribution in [2.75, 3.05) is 25.4 Å². The second-order valence-corrected chi connectivity index (χ2v) is 7.31. The zero-order valence-electron chi connectivity index (χ0n) is 11.3. The van der Waals surface area contributed by atoms with Crippen molar-refractivity contribution in [3.8, 4) is 0 Å².